The Balaban J connectivity index is 1.54. The molecule has 24 heavy (non-hydrogen) atoms. The first-order chi connectivity index (χ1) is 11.7. The molecule has 0 aliphatic carbocycles. The van der Waals surface area contributed by atoms with E-state index in [2.05, 4.69) is 38.9 Å². The molecule has 0 N–H and O–H groups in total. The van der Waals surface area contributed by atoms with Crippen molar-refractivity contribution in [2.45, 2.75) is 39.3 Å². The van der Waals surface area contributed by atoms with E-state index in [1.165, 1.54) is 5.56 Å². The molecule has 0 saturated heterocycles. The van der Waals surface area contributed by atoms with Crippen molar-refractivity contribution in [3.05, 3.63) is 46.7 Å². The molecular formula is C17H19N5OS. The maximum absolute atomic E-state index is 5.89. The second-order valence-electron chi connectivity index (χ2n) is 5.93. The summed E-state index contributed by atoms with van der Waals surface area (Å²) < 4.78 is 5.89. The molecule has 0 amide bonds. The van der Waals surface area contributed by atoms with Gasteiger partial charge >= 0.3 is 0 Å². The molecule has 4 rings (SSSR count). The fourth-order valence-electron chi connectivity index (χ4n) is 2.92. The molecular weight excluding hydrogens is 322 g/mol. The highest BCUT2D eigenvalue weighted by Crippen LogP contribution is 2.29. The summed E-state index contributed by atoms with van der Waals surface area (Å²) in [5, 5.41) is 10.4. The van der Waals surface area contributed by atoms with Crippen molar-refractivity contribution in [2.24, 2.45) is 0 Å². The van der Waals surface area contributed by atoms with Gasteiger partial charge in [-0.1, -0.05) is 13.0 Å². The standard InChI is InChI=1S/C17H19N5OS/c1-3-15-18-9-12-6-7-22(10-13(12)19-15)11(2)16-20-21-17(23-16)14-5-4-8-24-14/h4-5,8-9,11H,3,6-7,10H2,1-2H3/t11-/m0/s1. The quantitative estimate of drug-likeness (QED) is 0.725. The summed E-state index contributed by atoms with van der Waals surface area (Å²) in [4.78, 5) is 12.4. The lowest BCUT2D eigenvalue weighted by Crippen LogP contribution is -2.34. The summed E-state index contributed by atoms with van der Waals surface area (Å²) >= 11 is 1.60. The molecule has 0 fully saturated rings. The number of aryl methyl sites for hydroxylation is 1. The molecule has 3 aromatic rings. The Morgan fingerprint density at radius 2 is 2.29 bits per heavy atom. The van der Waals surface area contributed by atoms with Gasteiger partial charge < -0.3 is 4.42 Å². The zero-order chi connectivity index (χ0) is 16.5. The molecule has 0 bridgehead atoms. The fraction of sp³-hybridized carbons (Fsp3) is 0.412. The number of fused-ring (bicyclic) bond motifs is 1. The minimum Gasteiger partial charge on any atom is -0.418 e. The Labute approximate surface area is 144 Å². The highest BCUT2D eigenvalue weighted by molar-refractivity contribution is 7.13. The van der Waals surface area contributed by atoms with Crippen molar-refractivity contribution in [2.75, 3.05) is 6.54 Å². The predicted octanol–water partition coefficient (Wildman–Crippen LogP) is 3.27. The molecule has 3 aromatic heterocycles. The van der Waals surface area contributed by atoms with Crippen LogP contribution >= 0.6 is 11.3 Å². The summed E-state index contributed by atoms with van der Waals surface area (Å²) in [6, 6.07) is 4.05. The van der Waals surface area contributed by atoms with Crippen molar-refractivity contribution in [1.82, 2.24) is 25.1 Å². The van der Waals surface area contributed by atoms with Gasteiger partial charge in [0.1, 0.15) is 5.82 Å². The topological polar surface area (TPSA) is 67.9 Å². The summed E-state index contributed by atoms with van der Waals surface area (Å²) in [5.74, 6) is 2.16. The zero-order valence-corrected chi connectivity index (χ0v) is 14.6. The van der Waals surface area contributed by atoms with Crippen LogP contribution < -0.4 is 0 Å². The average Bonchev–Trinajstić information content (AvgIpc) is 3.31. The minimum atomic E-state index is 0.0689. The first kappa shape index (κ1) is 15.4. The van der Waals surface area contributed by atoms with Gasteiger partial charge in [0.15, 0.2) is 0 Å². The monoisotopic (exact) mass is 341 g/mol. The molecule has 0 aromatic carbocycles. The third-order valence-corrected chi connectivity index (χ3v) is 5.28. The van der Waals surface area contributed by atoms with Gasteiger partial charge in [0, 0.05) is 25.7 Å². The molecule has 7 heteroatoms. The number of thiophene rings is 1. The van der Waals surface area contributed by atoms with E-state index in [4.69, 9.17) is 4.42 Å². The van der Waals surface area contributed by atoms with Crippen molar-refractivity contribution < 1.29 is 4.42 Å². The minimum absolute atomic E-state index is 0.0689. The normalized spacial score (nSPS) is 16.1. The molecule has 0 unspecified atom stereocenters. The number of hydrogen-bond donors (Lipinski definition) is 0. The third-order valence-electron chi connectivity index (χ3n) is 4.42. The van der Waals surface area contributed by atoms with Crippen molar-refractivity contribution in [1.29, 1.82) is 0 Å². The van der Waals surface area contributed by atoms with Gasteiger partial charge in [0.25, 0.3) is 5.89 Å². The highest BCUT2D eigenvalue weighted by atomic mass is 32.1. The largest absolute Gasteiger partial charge is 0.418 e. The highest BCUT2D eigenvalue weighted by Gasteiger charge is 2.26. The Kier molecular flexibility index (Phi) is 4.12. The van der Waals surface area contributed by atoms with Gasteiger partial charge in [0.2, 0.25) is 5.89 Å². The first-order valence-corrected chi connectivity index (χ1v) is 9.07. The Hall–Kier alpha value is -2.12. The Morgan fingerprint density at radius 1 is 1.38 bits per heavy atom. The lowest BCUT2D eigenvalue weighted by Gasteiger charge is -2.31. The van der Waals surface area contributed by atoms with Gasteiger partial charge in [-0.05, 0) is 30.4 Å². The number of rotatable bonds is 4. The van der Waals surface area contributed by atoms with Crippen LogP contribution in [0.5, 0.6) is 0 Å². The molecule has 6 nitrogen and oxygen atoms in total. The second-order valence-corrected chi connectivity index (χ2v) is 6.88. The number of nitrogens with zero attached hydrogens (tertiary/aromatic N) is 5. The number of hydrogen-bond acceptors (Lipinski definition) is 7. The van der Waals surface area contributed by atoms with Crippen molar-refractivity contribution in [3.8, 4) is 10.8 Å². The van der Waals surface area contributed by atoms with Crippen LogP contribution in [-0.2, 0) is 19.4 Å². The molecule has 124 valence electrons. The average molecular weight is 341 g/mol. The van der Waals surface area contributed by atoms with Gasteiger partial charge in [0.05, 0.1) is 16.6 Å². The fourth-order valence-corrected chi connectivity index (χ4v) is 3.57. The van der Waals surface area contributed by atoms with Crippen LogP contribution in [-0.4, -0.2) is 31.6 Å². The van der Waals surface area contributed by atoms with E-state index in [0.29, 0.717) is 11.8 Å². The molecule has 4 heterocycles. The van der Waals surface area contributed by atoms with Crippen LogP contribution in [0, 0.1) is 0 Å². The molecule has 1 aliphatic heterocycles. The summed E-state index contributed by atoms with van der Waals surface area (Å²) in [5.41, 5.74) is 2.37. The van der Waals surface area contributed by atoms with Crippen LogP contribution in [0.15, 0.2) is 28.1 Å². The van der Waals surface area contributed by atoms with E-state index >= 15 is 0 Å². The molecule has 1 aliphatic rings. The summed E-state index contributed by atoms with van der Waals surface area (Å²) in [6.45, 7) is 5.93. The van der Waals surface area contributed by atoms with Crippen LogP contribution in [0.4, 0.5) is 0 Å². The van der Waals surface area contributed by atoms with Crippen LogP contribution in [0.25, 0.3) is 10.8 Å². The maximum Gasteiger partial charge on any atom is 0.257 e. The molecule has 1 atom stereocenters. The third kappa shape index (κ3) is 2.85. The number of aromatic nitrogens is 4. The van der Waals surface area contributed by atoms with Crippen molar-refractivity contribution >= 4 is 11.3 Å². The lowest BCUT2D eigenvalue weighted by molar-refractivity contribution is 0.164. The van der Waals surface area contributed by atoms with E-state index in [0.717, 1.165) is 42.3 Å². The smallest absolute Gasteiger partial charge is 0.257 e. The van der Waals surface area contributed by atoms with Gasteiger partial charge in [-0.2, -0.15) is 0 Å². The van der Waals surface area contributed by atoms with Crippen LogP contribution in [0.1, 0.15) is 42.9 Å². The van der Waals surface area contributed by atoms with Crippen molar-refractivity contribution in [3.63, 3.8) is 0 Å². The second kappa shape index (κ2) is 6.41. The van der Waals surface area contributed by atoms with Gasteiger partial charge in [-0.3, -0.25) is 4.90 Å². The van der Waals surface area contributed by atoms with E-state index in [-0.39, 0.29) is 6.04 Å². The maximum atomic E-state index is 5.89. The van der Waals surface area contributed by atoms with E-state index in [1.807, 2.05) is 23.7 Å². The van der Waals surface area contributed by atoms with Gasteiger partial charge in [-0.15, -0.1) is 21.5 Å². The van der Waals surface area contributed by atoms with Crippen LogP contribution in [0.3, 0.4) is 0 Å². The zero-order valence-electron chi connectivity index (χ0n) is 13.8. The first-order valence-electron chi connectivity index (χ1n) is 8.19. The van der Waals surface area contributed by atoms with Crippen LogP contribution in [0.2, 0.25) is 0 Å². The van der Waals surface area contributed by atoms with E-state index in [1.54, 1.807) is 11.3 Å². The molecule has 0 saturated carbocycles. The lowest BCUT2D eigenvalue weighted by atomic mass is 10.1. The van der Waals surface area contributed by atoms with E-state index in [9.17, 15) is 0 Å². The molecule has 0 spiro atoms. The van der Waals surface area contributed by atoms with Gasteiger partial charge in [-0.25, -0.2) is 9.97 Å². The SMILES string of the molecule is CCc1ncc2c(n1)CN([C@@H](C)c1nnc(-c3cccs3)o1)CC2. The summed E-state index contributed by atoms with van der Waals surface area (Å²) in [7, 11) is 0. The van der Waals surface area contributed by atoms with E-state index < -0.39 is 0 Å². The summed E-state index contributed by atoms with van der Waals surface area (Å²) in [6.07, 6.45) is 3.79. The molecule has 0 radical (unpaired) electrons. The predicted molar refractivity (Wildman–Crippen MR) is 91.6 cm³/mol. The Bertz CT molecular complexity index is 829. The Morgan fingerprint density at radius 3 is 3.08 bits per heavy atom.